The van der Waals surface area contributed by atoms with Crippen molar-refractivity contribution in [3.63, 3.8) is 0 Å². The van der Waals surface area contributed by atoms with Gasteiger partial charge in [0, 0.05) is 0 Å². The third-order valence-corrected chi connectivity index (χ3v) is 1.86. The predicted octanol–water partition coefficient (Wildman–Crippen LogP) is 0.969. The Kier molecular flexibility index (Phi) is 2.39. The van der Waals surface area contributed by atoms with Gasteiger partial charge in [0.05, 0.1) is 12.2 Å². The molecule has 1 heterocycles. The van der Waals surface area contributed by atoms with E-state index in [4.69, 9.17) is 12.2 Å². The van der Waals surface area contributed by atoms with Crippen molar-refractivity contribution >= 4 is 5.82 Å². The van der Waals surface area contributed by atoms with Crippen LogP contribution in [0.1, 0.15) is 18.4 Å². The number of nitrogen functional groups attached to an aromatic ring is 1. The van der Waals surface area contributed by atoms with Crippen LogP contribution in [0.15, 0.2) is 0 Å². The SMILES string of the molecule is C#CCn1c(C)nc(CC)c1N. The summed E-state index contributed by atoms with van der Waals surface area (Å²) in [6.45, 7) is 4.44. The number of hydrogen-bond donors (Lipinski definition) is 1. The number of aromatic nitrogens is 2. The van der Waals surface area contributed by atoms with Gasteiger partial charge in [-0.25, -0.2) is 4.98 Å². The van der Waals surface area contributed by atoms with Gasteiger partial charge in [-0.05, 0) is 13.3 Å². The number of anilines is 1. The van der Waals surface area contributed by atoms with E-state index in [9.17, 15) is 0 Å². The van der Waals surface area contributed by atoms with Gasteiger partial charge in [0.15, 0.2) is 0 Å². The van der Waals surface area contributed by atoms with E-state index in [2.05, 4.69) is 10.9 Å². The average Bonchev–Trinajstić information content (AvgIpc) is 2.32. The summed E-state index contributed by atoms with van der Waals surface area (Å²) in [5, 5.41) is 0. The van der Waals surface area contributed by atoms with Gasteiger partial charge >= 0.3 is 0 Å². The smallest absolute Gasteiger partial charge is 0.127 e. The molecule has 0 unspecified atom stereocenters. The molecule has 3 heteroatoms. The third-order valence-electron chi connectivity index (χ3n) is 1.86. The van der Waals surface area contributed by atoms with Crippen molar-refractivity contribution in [1.82, 2.24) is 9.55 Å². The van der Waals surface area contributed by atoms with Crippen LogP contribution in [-0.4, -0.2) is 9.55 Å². The third kappa shape index (κ3) is 1.28. The van der Waals surface area contributed by atoms with E-state index in [0.717, 1.165) is 17.9 Å². The van der Waals surface area contributed by atoms with Crippen LogP contribution in [0.25, 0.3) is 0 Å². The predicted molar refractivity (Wildman–Crippen MR) is 49.6 cm³/mol. The van der Waals surface area contributed by atoms with Crippen LogP contribution in [0.5, 0.6) is 0 Å². The molecule has 3 nitrogen and oxygen atoms in total. The van der Waals surface area contributed by atoms with Crippen LogP contribution in [0.4, 0.5) is 5.82 Å². The van der Waals surface area contributed by atoms with Gasteiger partial charge in [0.2, 0.25) is 0 Å². The zero-order valence-corrected chi connectivity index (χ0v) is 7.46. The highest BCUT2D eigenvalue weighted by Crippen LogP contribution is 2.13. The molecule has 0 aromatic carbocycles. The van der Waals surface area contributed by atoms with E-state index in [1.165, 1.54) is 0 Å². The lowest BCUT2D eigenvalue weighted by Gasteiger charge is -2.01. The van der Waals surface area contributed by atoms with E-state index in [1.54, 1.807) is 0 Å². The monoisotopic (exact) mass is 163 g/mol. The van der Waals surface area contributed by atoms with Crippen LogP contribution in [0, 0.1) is 19.3 Å². The zero-order chi connectivity index (χ0) is 9.14. The Morgan fingerprint density at radius 3 is 2.75 bits per heavy atom. The summed E-state index contributed by atoms with van der Waals surface area (Å²) in [6.07, 6.45) is 6.05. The number of nitrogens with zero attached hydrogens (tertiary/aromatic N) is 2. The molecule has 0 saturated carbocycles. The lowest BCUT2D eigenvalue weighted by atomic mass is 10.3. The first-order chi connectivity index (χ1) is 5.70. The van der Waals surface area contributed by atoms with Gasteiger partial charge in [0.25, 0.3) is 0 Å². The molecular formula is C9H13N3. The molecule has 1 aromatic heterocycles. The molecule has 0 spiro atoms. The number of aryl methyl sites for hydroxylation is 2. The van der Waals surface area contributed by atoms with Gasteiger partial charge in [-0.3, -0.25) is 0 Å². The van der Waals surface area contributed by atoms with Gasteiger partial charge in [-0.2, -0.15) is 0 Å². The normalized spacial score (nSPS) is 9.75. The van der Waals surface area contributed by atoms with Crippen molar-refractivity contribution in [2.45, 2.75) is 26.8 Å². The number of nitrogens with two attached hydrogens (primary N) is 1. The average molecular weight is 163 g/mol. The first-order valence-electron chi connectivity index (χ1n) is 3.95. The highest BCUT2D eigenvalue weighted by Gasteiger charge is 2.08. The fourth-order valence-electron chi connectivity index (χ4n) is 1.19. The van der Waals surface area contributed by atoms with E-state index in [-0.39, 0.29) is 0 Å². The Morgan fingerprint density at radius 2 is 2.33 bits per heavy atom. The van der Waals surface area contributed by atoms with E-state index < -0.39 is 0 Å². The maximum Gasteiger partial charge on any atom is 0.127 e. The fourth-order valence-corrected chi connectivity index (χ4v) is 1.19. The summed E-state index contributed by atoms with van der Waals surface area (Å²) in [4.78, 5) is 4.29. The number of imidazole rings is 1. The van der Waals surface area contributed by atoms with Crippen molar-refractivity contribution in [2.75, 3.05) is 5.73 Å². The Bertz CT molecular complexity index is 317. The van der Waals surface area contributed by atoms with Gasteiger partial charge < -0.3 is 10.3 Å². The zero-order valence-electron chi connectivity index (χ0n) is 7.46. The molecule has 1 aromatic rings. The summed E-state index contributed by atoms with van der Waals surface area (Å²) in [6, 6.07) is 0. The largest absolute Gasteiger partial charge is 0.384 e. The highest BCUT2D eigenvalue weighted by atomic mass is 15.1. The summed E-state index contributed by atoms with van der Waals surface area (Å²) in [5.74, 6) is 4.14. The first-order valence-corrected chi connectivity index (χ1v) is 3.95. The van der Waals surface area contributed by atoms with Crippen molar-refractivity contribution in [3.05, 3.63) is 11.5 Å². The quantitative estimate of drug-likeness (QED) is 0.660. The number of hydrogen-bond acceptors (Lipinski definition) is 2. The molecule has 0 aliphatic carbocycles. The molecule has 0 amide bonds. The lowest BCUT2D eigenvalue weighted by Crippen LogP contribution is -2.03. The highest BCUT2D eigenvalue weighted by molar-refractivity contribution is 5.38. The Morgan fingerprint density at radius 1 is 1.67 bits per heavy atom. The van der Waals surface area contributed by atoms with Gasteiger partial charge in [0.1, 0.15) is 11.6 Å². The second-order valence-electron chi connectivity index (χ2n) is 2.63. The molecule has 0 atom stereocenters. The molecule has 0 aliphatic rings. The first kappa shape index (κ1) is 8.66. The minimum Gasteiger partial charge on any atom is -0.384 e. The minimum absolute atomic E-state index is 0.505. The summed E-state index contributed by atoms with van der Waals surface area (Å²) in [7, 11) is 0. The maximum absolute atomic E-state index is 5.81. The van der Waals surface area contributed by atoms with Crippen LogP contribution in [0.2, 0.25) is 0 Å². The van der Waals surface area contributed by atoms with Gasteiger partial charge in [-0.1, -0.05) is 12.8 Å². The standard InChI is InChI=1S/C9H13N3/c1-4-6-12-7(3)11-8(5-2)9(12)10/h1H,5-6,10H2,2-3H3. The van der Waals surface area contributed by atoms with Crippen LogP contribution in [0.3, 0.4) is 0 Å². The summed E-state index contributed by atoms with van der Waals surface area (Å²) in [5.41, 5.74) is 6.74. The summed E-state index contributed by atoms with van der Waals surface area (Å²) < 4.78 is 1.85. The lowest BCUT2D eigenvalue weighted by molar-refractivity contribution is 0.807. The number of rotatable bonds is 2. The molecule has 12 heavy (non-hydrogen) atoms. The Balaban J connectivity index is 3.11. The molecule has 0 aliphatic heterocycles. The molecule has 64 valence electrons. The van der Waals surface area contributed by atoms with Crippen molar-refractivity contribution in [2.24, 2.45) is 0 Å². The Labute approximate surface area is 72.6 Å². The van der Waals surface area contributed by atoms with Crippen molar-refractivity contribution in [1.29, 1.82) is 0 Å². The van der Waals surface area contributed by atoms with Crippen LogP contribution in [-0.2, 0) is 13.0 Å². The topological polar surface area (TPSA) is 43.8 Å². The molecular weight excluding hydrogens is 150 g/mol. The fraction of sp³-hybridized carbons (Fsp3) is 0.444. The molecule has 0 radical (unpaired) electrons. The van der Waals surface area contributed by atoms with E-state index in [1.807, 2.05) is 18.4 Å². The molecule has 0 bridgehead atoms. The second kappa shape index (κ2) is 3.31. The van der Waals surface area contributed by atoms with E-state index in [0.29, 0.717) is 12.4 Å². The Hall–Kier alpha value is -1.43. The minimum atomic E-state index is 0.505. The molecule has 2 N–H and O–H groups in total. The van der Waals surface area contributed by atoms with Crippen LogP contribution < -0.4 is 5.73 Å². The number of terminal acetylenes is 1. The summed E-state index contributed by atoms with van der Waals surface area (Å²) >= 11 is 0. The van der Waals surface area contributed by atoms with Crippen molar-refractivity contribution < 1.29 is 0 Å². The van der Waals surface area contributed by atoms with Crippen LogP contribution >= 0.6 is 0 Å². The van der Waals surface area contributed by atoms with Crippen molar-refractivity contribution in [3.8, 4) is 12.3 Å². The second-order valence-corrected chi connectivity index (χ2v) is 2.63. The van der Waals surface area contributed by atoms with E-state index >= 15 is 0 Å². The molecule has 0 fully saturated rings. The molecule has 0 saturated heterocycles. The van der Waals surface area contributed by atoms with Gasteiger partial charge in [-0.15, -0.1) is 6.42 Å². The molecule has 1 rings (SSSR count). The maximum atomic E-state index is 5.81.